The largest absolute Gasteiger partial charge is 0.426 e. The second-order valence-corrected chi connectivity index (χ2v) is 10.1. The van der Waals surface area contributed by atoms with E-state index in [9.17, 15) is 4.79 Å². The second-order valence-electron chi connectivity index (χ2n) is 10.1. The first-order valence-corrected chi connectivity index (χ1v) is 12.6. The summed E-state index contributed by atoms with van der Waals surface area (Å²) in [6.07, 6.45) is 17.2. The van der Waals surface area contributed by atoms with Crippen molar-refractivity contribution in [3.63, 3.8) is 0 Å². The number of nitrogens with two attached hydrogens (primary N) is 1. The Bertz CT molecular complexity index is 625. The van der Waals surface area contributed by atoms with Crippen molar-refractivity contribution < 1.29 is 9.53 Å². The average molecular weight is 414 g/mol. The Balaban J connectivity index is 1.36. The molecule has 0 aliphatic heterocycles. The third-order valence-electron chi connectivity index (χ3n) is 8.05. The molecular formula is C27H43NO2. The Kier molecular flexibility index (Phi) is 9.08. The van der Waals surface area contributed by atoms with Gasteiger partial charge in [0.05, 0.1) is 5.92 Å². The summed E-state index contributed by atoms with van der Waals surface area (Å²) in [5.74, 6) is 4.09. The molecule has 3 nitrogen and oxygen atoms in total. The minimum atomic E-state index is -0.0607. The van der Waals surface area contributed by atoms with Gasteiger partial charge in [-0.05, 0) is 86.5 Å². The van der Waals surface area contributed by atoms with E-state index in [4.69, 9.17) is 10.5 Å². The summed E-state index contributed by atoms with van der Waals surface area (Å²) in [6, 6.07) is 7.12. The molecule has 2 fully saturated rings. The lowest BCUT2D eigenvalue weighted by Crippen LogP contribution is -2.31. The van der Waals surface area contributed by atoms with Crippen LogP contribution < -0.4 is 10.5 Å². The van der Waals surface area contributed by atoms with Crippen LogP contribution in [-0.2, 0) is 4.79 Å². The van der Waals surface area contributed by atoms with E-state index >= 15 is 0 Å². The number of anilines is 1. The highest BCUT2D eigenvalue weighted by atomic mass is 16.5. The van der Waals surface area contributed by atoms with Crippen LogP contribution in [0.1, 0.15) is 97.3 Å². The number of ether oxygens (including phenoxy) is 1. The molecule has 0 saturated heterocycles. The summed E-state index contributed by atoms with van der Waals surface area (Å²) in [6.45, 7) is 4.78. The molecule has 3 heteroatoms. The molecule has 0 bridgehead atoms. The fraction of sp³-hybridized carbons (Fsp3) is 0.741. The van der Waals surface area contributed by atoms with Crippen molar-refractivity contribution in [2.24, 2.45) is 29.6 Å². The Hall–Kier alpha value is -1.51. The number of hydrogen-bond acceptors (Lipinski definition) is 3. The first-order chi connectivity index (χ1) is 14.6. The maximum atomic E-state index is 12.5. The molecule has 2 saturated carbocycles. The summed E-state index contributed by atoms with van der Waals surface area (Å²) in [7, 11) is 0. The van der Waals surface area contributed by atoms with Gasteiger partial charge < -0.3 is 10.5 Å². The van der Waals surface area contributed by atoms with Crippen LogP contribution in [0.2, 0.25) is 0 Å². The quantitative estimate of drug-likeness (QED) is 0.199. The molecule has 2 N–H and O–H groups in total. The standard InChI is InChI=1S/C27H43NO2/c1-3-4-5-6-7-21-8-10-22(11-9-21)20(2)23-12-14-24(15-13-23)27(29)30-26-18-16-25(28)17-19-26/h16-24H,3-15,28H2,1-2H3. The third kappa shape index (κ3) is 6.75. The number of rotatable bonds is 9. The zero-order valence-electron chi connectivity index (χ0n) is 19.3. The molecule has 3 rings (SSSR count). The van der Waals surface area contributed by atoms with Gasteiger partial charge in [0.25, 0.3) is 0 Å². The van der Waals surface area contributed by atoms with Crippen molar-refractivity contribution in [1.82, 2.24) is 0 Å². The lowest BCUT2D eigenvalue weighted by molar-refractivity contribution is -0.140. The molecule has 1 unspecified atom stereocenters. The molecule has 0 heterocycles. The molecule has 0 spiro atoms. The minimum Gasteiger partial charge on any atom is -0.426 e. The molecule has 0 amide bonds. The maximum absolute atomic E-state index is 12.5. The number of esters is 1. The smallest absolute Gasteiger partial charge is 0.314 e. The topological polar surface area (TPSA) is 52.3 Å². The van der Waals surface area contributed by atoms with Gasteiger partial charge in [-0.2, -0.15) is 0 Å². The number of unbranched alkanes of at least 4 members (excludes halogenated alkanes) is 3. The van der Waals surface area contributed by atoms with Crippen LogP contribution in [0, 0.1) is 29.6 Å². The van der Waals surface area contributed by atoms with Gasteiger partial charge in [0.1, 0.15) is 5.75 Å². The monoisotopic (exact) mass is 413 g/mol. The summed E-state index contributed by atoms with van der Waals surface area (Å²) in [4.78, 5) is 12.5. The number of hydrogen-bond donors (Lipinski definition) is 1. The van der Waals surface area contributed by atoms with Crippen molar-refractivity contribution in [2.45, 2.75) is 97.3 Å². The lowest BCUT2D eigenvalue weighted by atomic mass is 9.67. The Morgan fingerprint density at radius 3 is 2.13 bits per heavy atom. The summed E-state index contributed by atoms with van der Waals surface area (Å²) >= 11 is 0. The van der Waals surface area contributed by atoms with Crippen molar-refractivity contribution in [2.75, 3.05) is 5.73 Å². The predicted octanol–water partition coefficient (Wildman–Crippen LogP) is 7.39. The SMILES string of the molecule is CCCCCCC1CCC(C(C)C2CCC(C(=O)Oc3ccc(N)cc3)CC2)CC1. The van der Waals surface area contributed by atoms with Gasteiger partial charge in [-0.3, -0.25) is 4.79 Å². The van der Waals surface area contributed by atoms with E-state index in [0.717, 1.165) is 36.5 Å². The van der Waals surface area contributed by atoms with Gasteiger partial charge in [-0.1, -0.05) is 58.8 Å². The van der Waals surface area contributed by atoms with Crippen molar-refractivity contribution >= 4 is 11.7 Å². The van der Waals surface area contributed by atoms with Crippen LogP contribution in [0.25, 0.3) is 0 Å². The molecule has 2 aliphatic rings. The van der Waals surface area contributed by atoms with Gasteiger partial charge in [-0.25, -0.2) is 0 Å². The second kappa shape index (κ2) is 11.8. The molecule has 1 aromatic carbocycles. The minimum absolute atomic E-state index is 0.0601. The highest BCUT2D eigenvalue weighted by Crippen LogP contribution is 2.43. The van der Waals surface area contributed by atoms with E-state index in [0.29, 0.717) is 11.4 Å². The normalized spacial score (nSPS) is 28.1. The van der Waals surface area contributed by atoms with E-state index in [1.165, 1.54) is 70.6 Å². The molecule has 2 aliphatic carbocycles. The highest BCUT2D eigenvalue weighted by Gasteiger charge is 2.34. The molecule has 168 valence electrons. The Morgan fingerprint density at radius 2 is 1.53 bits per heavy atom. The van der Waals surface area contributed by atoms with Crippen LogP contribution in [0.3, 0.4) is 0 Å². The van der Waals surface area contributed by atoms with E-state index < -0.39 is 0 Å². The number of benzene rings is 1. The van der Waals surface area contributed by atoms with Crippen molar-refractivity contribution in [3.05, 3.63) is 24.3 Å². The van der Waals surface area contributed by atoms with Crippen LogP contribution in [-0.4, -0.2) is 5.97 Å². The molecular weight excluding hydrogens is 370 g/mol. The molecule has 1 atom stereocenters. The van der Waals surface area contributed by atoms with Crippen LogP contribution in [0.15, 0.2) is 24.3 Å². The van der Waals surface area contributed by atoms with Crippen molar-refractivity contribution in [1.29, 1.82) is 0 Å². The zero-order valence-corrected chi connectivity index (χ0v) is 19.3. The average Bonchev–Trinajstić information content (AvgIpc) is 2.78. The molecule has 30 heavy (non-hydrogen) atoms. The highest BCUT2D eigenvalue weighted by molar-refractivity contribution is 5.75. The Labute approximate surface area is 184 Å². The number of nitrogen functional groups attached to an aromatic ring is 1. The molecule has 1 aromatic rings. The van der Waals surface area contributed by atoms with Crippen LogP contribution in [0.5, 0.6) is 5.75 Å². The predicted molar refractivity (Wildman–Crippen MR) is 125 cm³/mol. The summed E-state index contributed by atoms with van der Waals surface area (Å²) in [5.41, 5.74) is 6.39. The first-order valence-electron chi connectivity index (χ1n) is 12.6. The van der Waals surface area contributed by atoms with Crippen molar-refractivity contribution in [3.8, 4) is 5.75 Å². The van der Waals surface area contributed by atoms with Gasteiger partial charge in [-0.15, -0.1) is 0 Å². The van der Waals surface area contributed by atoms with Gasteiger partial charge in [0.2, 0.25) is 0 Å². The van der Waals surface area contributed by atoms with Gasteiger partial charge >= 0.3 is 5.97 Å². The van der Waals surface area contributed by atoms with Gasteiger partial charge in [0.15, 0.2) is 0 Å². The third-order valence-corrected chi connectivity index (χ3v) is 8.05. The molecule has 0 aromatic heterocycles. The summed E-state index contributed by atoms with van der Waals surface area (Å²) < 4.78 is 5.59. The van der Waals surface area contributed by atoms with E-state index in [1.54, 1.807) is 24.3 Å². The number of carbonyl (C=O) groups is 1. The van der Waals surface area contributed by atoms with E-state index in [-0.39, 0.29) is 11.9 Å². The molecule has 0 radical (unpaired) electrons. The zero-order chi connectivity index (χ0) is 21.3. The van der Waals surface area contributed by atoms with E-state index in [2.05, 4.69) is 13.8 Å². The maximum Gasteiger partial charge on any atom is 0.314 e. The van der Waals surface area contributed by atoms with Gasteiger partial charge in [0, 0.05) is 5.69 Å². The van der Waals surface area contributed by atoms with Crippen LogP contribution >= 0.6 is 0 Å². The van der Waals surface area contributed by atoms with Crippen LogP contribution in [0.4, 0.5) is 5.69 Å². The fourth-order valence-electron chi connectivity index (χ4n) is 5.86. The lowest BCUT2D eigenvalue weighted by Gasteiger charge is -2.38. The fourth-order valence-corrected chi connectivity index (χ4v) is 5.86. The summed E-state index contributed by atoms with van der Waals surface area (Å²) in [5, 5.41) is 0. The first kappa shape index (κ1) is 23.2. The Morgan fingerprint density at radius 1 is 0.933 bits per heavy atom. The van der Waals surface area contributed by atoms with E-state index in [1.807, 2.05) is 0 Å². The number of carbonyl (C=O) groups excluding carboxylic acids is 1.